The van der Waals surface area contributed by atoms with Crippen molar-refractivity contribution in [3.63, 3.8) is 0 Å². The molecule has 0 heterocycles. The Morgan fingerprint density at radius 1 is 0.886 bits per heavy atom. The third-order valence-corrected chi connectivity index (χ3v) is 6.60. The van der Waals surface area contributed by atoms with E-state index in [1.165, 1.54) is 11.6 Å². The summed E-state index contributed by atoms with van der Waals surface area (Å²) in [6.45, 7) is 3.82. The Labute approximate surface area is 211 Å². The van der Waals surface area contributed by atoms with Crippen molar-refractivity contribution in [1.82, 2.24) is 10.2 Å². The van der Waals surface area contributed by atoms with Crippen LogP contribution in [0.15, 0.2) is 84.9 Å². The molecular formula is C29H33FN2O2S. The van der Waals surface area contributed by atoms with Gasteiger partial charge in [0.05, 0.1) is 0 Å². The largest absolute Gasteiger partial charge is 0.352 e. The van der Waals surface area contributed by atoms with Crippen LogP contribution in [-0.2, 0) is 28.3 Å². The number of benzene rings is 3. The van der Waals surface area contributed by atoms with E-state index in [2.05, 4.69) is 17.4 Å². The Bertz CT molecular complexity index is 1080. The van der Waals surface area contributed by atoms with Crippen molar-refractivity contribution in [2.45, 2.75) is 51.1 Å². The lowest BCUT2D eigenvalue weighted by atomic mass is 10.0. The molecule has 0 saturated carbocycles. The van der Waals surface area contributed by atoms with Gasteiger partial charge in [0, 0.05) is 42.5 Å². The highest BCUT2D eigenvalue weighted by atomic mass is 32.2. The zero-order valence-corrected chi connectivity index (χ0v) is 21.1. The highest BCUT2D eigenvalue weighted by molar-refractivity contribution is 7.98. The first-order valence-corrected chi connectivity index (χ1v) is 13.1. The molecule has 6 heteroatoms. The van der Waals surface area contributed by atoms with Gasteiger partial charge in [-0.1, -0.05) is 78.9 Å². The van der Waals surface area contributed by atoms with Crippen LogP contribution in [0.3, 0.4) is 0 Å². The summed E-state index contributed by atoms with van der Waals surface area (Å²) < 4.78 is 14.6. The molecule has 0 aromatic heterocycles. The predicted molar refractivity (Wildman–Crippen MR) is 141 cm³/mol. The lowest BCUT2D eigenvalue weighted by molar-refractivity contribution is -0.141. The Kier molecular flexibility index (Phi) is 10.4. The second kappa shape index (κ2) is 13.7. The molecule has 0 unspecified atom stereocenters. The lowest BCUT2D eigenvalue weighted by Gasteiger charge is -2.32. The number of carbonyl (C=O) groups excluding carboxylic acids is 2. The first-order chi connectivity index (χ1) is 16.9. The fourth-order valence-corrected chi connectivity index (χ4v) is 4.70. The molecule has 0 aliphatic rings. The van der Waals surface area contributed by atoms with Gasteiger partial charge in [0.15, 0.2) is 0 Å². The van der Waals surface area contributed by atoms with Gasteiger partial charge >= 0.3 is 0 Å². The average Bonchev–Trinajstić information content (AvgIpc) is 2.85. The lowest BCUT2D eigenvalue weighted by Crippen LogP contribution is -2.52. The number of halogens is 1. The number of rotatable bonds is 12. The van der Waals surface area contributed by atoms with Gasteiger partial charge in [-0.25, -0.2) is 4.39 Å². The average molecular weight is 493 g/mol. The van der Waals surface area contributed by atoms with Crippen LogP contribution in [-0.4, -0.2) is 34.6 Å². The van der Waals surface area contributed by atoms with Gasteiger partial charge in [0.25, 0.3) is 0 Å². The van der Waals surface area contributed by atoms with Crippen LogP contribution in [0.2, 0.25) is 0 Å². The number of hydrogen-bond donors (Lipinski definition) is 1. The highest BCUT2D eigenvalue weighted by Gasteiger charge is 2.31. The van der Waals surface area contributed by atoms with Crippen LogP contribution < -0.4 is 5.32 Å². The fraction of sp³-hybridized carbons (Fsp3) is 0.310. The third kappa shape index (κ3) is 8.55. The minimum atomic E-state index is -0.744. The fourth-order valence-electron chi connectivity index (χ4n) is 3.81. The second-order valence-corrected chi connectivity index (χ2v) is 9.88. The van der Waals surface area contributed by atoms with Gasteiger partial charge in [-0.15, -0.1) is 0 Å². The van der Waals surface area contributed by atoms with Crippen LogP contribution in [0.25, 0.3) is 0 Å². The van der Waals surface area contributed by atoms with Crippen LogP contribution in [0.5, 0.6) is 0 Å². The zero-order chi connectivity index (χ0) is 25.0. The summed E-state index contributed by atoms with van der Waals surface area (Å²) in [5.41, 5.74) is 2.54. The van der Waals surface area contributed by atoms with Crippen molar-refractivity contribution in [1.29, 1.82) is 0 Å². The molecule has 3 rings (SSSR count). The van der Waals surface area contributed by atoms with Gasteiger partial charge in [-0.2, -0.15) is 11.8 Å². The van der Waals surface area contributed by atoms with Crippen LogP contribution in [0, 0.1) is 5.82 Å². The summed E-state index contributed by atoms with van der Waals surface area (Å²) in [4.78, 5) is 28.3. The summed E-state index contributed by atoms with van der Waals surface area (Å²) in [6.07, 6.45) is 0.628. The van der Waals surface area contributed by atoms with Gasteiger partial charge < -0.3 is 10.2 Å². The minimum absolute atomic E-state index is 0.0396. The van der Waals surface area contributed by atoms with Crippen LogP contribution in [0.1, 0.15) is 37.0 Å². The minimum Gasteiger partial charge on any atom is -0.352 e. The predicted octanol–water partition coefficient (Wildman–Crippen LogP) is 5.61. The Balaban J connectivity index is 1.80. The van der Waals surface area contributed by atoms with Gasteiger partial charge in [0.1, 0.15) is 11.9 Å². The highest BCUT2D eigenvalue weighted by Crippen LogP contribution is 2.19. The molecular weight excluding hydrogens is 459 g/mol. The SMILES string of the molecule is CC(C)NC(=O)[C@@H](Cc1ccccc1)N(Cc1ccccc1F)C(=O)CCSCc1ccccc1. The molecule has 3 aromatic carbocycles. The molecule has 0 aliphatic carbocycles. The first-order valence-electron chi connectivity index (χ1n) is 11.9. The number of hydrogen-bond acceptors (Lipinski definition) is 3. The molecule has 4 nitrogen and oxygen atoms in total. The molecule has 2 amide bonds. The van der Waals surface area contributed by atoms with Gasteiger partial charge in [0.2, 0.25) is 11.8 Å². The number of nitrogens with one attached hydrogen (secondary N) is 1. The maximum atomic E-state index is 14.6. The zero-order valence-electron chi connectivity index (χ0n) is 20.3. The van der Waals surface area contributed by atoms with Crippen molar-refractivity contribution >= 4 is 23.6 Å². The van der Waals surface area contributed by atoms with E-state index >= 15 is 0 Å². The van der Waals surface area contributed by atoms with Crippen LogP contribution in [0.4, 0.5) is 4.39 Å². The number of carbonyl (C=O) groups is 2. The van der Waals surface area contributed by atoms with Crippen molar-refractivity contribution in [2.75, 3.05) is 5.75 Å². The van der Waals surface area contributed by atoms with Crippen molar-refractivity contribution < 1.29 is 14.0 Å². The van der Waals surface area contributed by atoms with Gasteiger partial charge in [-0.05, 0) is 31.0 Å². The van der Waals surface area contributed by atoms with E-state index in [4.69, 9.17) is 0 Å². The van der Waals surface area contributed by atoms with Crippen molar-refractivity contribution in [3.05, 3.63) is 107 Å². The number of nitrogens with zero attached hydrogens (tertiary/aromatic N) is 1. The second-order valence-electron chi connectivity index (χ2n) is 8.77. The summed E-state index contributed by atoms with van der Waals surface area (Å²) in [5.74, 6) is 0.652. The van der Waals surface area contributed by atoms with Crippen LogP contribution >= 0.6 is 11.8 Å². The molecule has 0 fully saturated rings. The van der Waals surface area contributed by atoms with E-state index in [0.717, 1.165) is 11.3 Å². The Hall–Kier alpha value is -3.12. The van der Waals surface area contributed by atoms with E-state index in [0.29, 0.717) is 17.7 Å². The molecule has 0 bridgehead atoms. The van der Waals surface area contributed by atoms with Crippen molar-refractivity contribution in [3.8, 4) is 0 Å². The Morgan fingerprint density at radius 3 is 2.11 bits per heavy atom. The van der Waals surface area contributed by atoms with Crippen molar-refractivity contribution in [2.24, 2.45) is 0 Å². The van der Waals surface area contributed by atoms with E-state index in [1.54, 1.807) is 34.9 Å². The third-order valence-electron chi connectivity index (χ3n) is 5.57. The normalized spacial score (nSPS) is 11.8. The molecule has 35 heavy (non-hydrogen) atoms. The summed E-state index contributed by atoms with van der Waals surface area (Å²) in [7, 11) is 0. The smallest absolute Gasteiger partial charge is 0.243 e. The standard InChI is InChI=1S/C29H33FN2O2S/c1-22(2)31-29(34)27(19-23-11-5-3-6-12-23)32(20-25-15-9-10-16-26(25)30)28(33)17-18-35-21-24-13-7-4-8-14-24/h3-16,22,27H,17-21H2,1-2H3,(H,31,34)/t27-/m1/s1. The molecule has 1 N–H and O–H groups in total. The van der Waals surface area contributed by atoms with Gasteiger partial charge in [-0.3, -0.25) is 9.59 Å². The molecule has 0 saturated heterocycles. The van der Waals surface area contributed by atoms with E-state index in [9.17, 15) is 14.0 Å². The summed E-state index contributed by atoms with van der Waals surface area (Å²) in [6, 6.07) is 25.3. The van der Waals surface area contributed by atoms with E-state index in [1.807, 2.05) is 62.4 Å². The maximum absolute atomic E-state index is 14.6. The molecule has 0 spiro atoms. The number of amides is 2. The topological polar surface area (TPSA) is 49.4 Å². The molecule has 1 atom stereocenters. The Morgan fingerprint density at radius 2 is 1.49 bits per heavy atom. The molecule has 184 valence electrons. The summed E-state index contributed by atoms with van der Waals surface area (Å²) >= 11 is 1.67. The van der Waals surface area contributed by atoms with E-state index in [-0.39, 0.29) is 36.6 Å². The maximum Gasteiger partial charge on any atom is 0.243 e. The molecule has 3 aromatic rings. The summed E-state index contributed by atoms with van der Waals surface area (Å²) in [5, 5.41) is 2.96. The first kappa shape index (κ1) is 26.5. The molecule has 0 aliphatic heterocycles. The number of thioether (sulfide) groups is 1. The monoisotopic (exact) mass is 492 g/mol. The molecule has 0 radical (unpaired) electrons. The quantitative estimate of drug-likeness (QED) is 0.334. The van der Waals surface area contributed by atoms with E-state index < -0.39 is 6.04 Å².